The van der Waals surface area contributed by atoms with Crippen molar-refractivity contribution >= 4 is 43.4 Å². The van der Waals surface area contributed by atoms with Crippen molar-refractivity contribution in [3.63, 3.8) is 0 Å². The van der Waals surface area contributed by atoms with E-state index in [1.54, 1.807) is 0 Å². The Morgan fingerprint density at radius 1 is 0.314 bits per heavy atom. The molecule has 0 aliphatic carbocycles. The van der Waals surface area contributed by atoms with Crippen LogP contribution in [-0.4, -0.2) is 19.5 Å². The van der Waals surface area contributed by atoms with E-state index >= 15 is 0 Å². The van der Waals surface area contributed by atoms with Gasteiger partial charge in [-0.1, -0.05) is 146 Å². The molecule has 51 heavy (non-hydrogen) atoms. The monoisotopic (exact) mass is 650 g/mol. The fourth-order valence-electron chi connectivity index (χ4n) is 7.41. The molecule has 0 atom stereocenters. The summed E-state index contributed by atoms with van der Waals surface area (Å²) in [5.74, 6) is 1.92. The van der Waals surface area contributed by atoms with Crippen LogP contribution in [-0.2, 0) is 0 Å². The van der Waals surface area contributed by atoms with Gasteiger partial charge in [-0.05, 0) is 69.1 Å². The zero-order valence-electron chi connectivity index (χ0n) is 27.6. The van der Waals surface area contributed by atoms with Crippen LogP contribution in [0.2, 0.25) is 0 Å². The van der Waals surface area contributed by atoms with Gasteiger partial charge in [0.1, 0.15) is 0 Å². The first-order chi connectivity index (χ1) is 25.3. The van der Waals surface area contributed by atoms with E-state index in [9.17, 15) is 0 Å². The van der Waals surface area contributed by atoms with Gasteiger partial charge in [0.2, 0.25) is 0 Å². The van der Waals surface area contributed by atoms with Gasteiger partial charge in [0.25, 0.3) is 0 Å². The average molecular weight is 651 g/mol. The average Bonchev–Trinajstić information content (AvgIpc) is 3.53. The molecule has 0 spiro atoms. The summed E-state index contributed by atoms with van der Waals surface area (Å²) in [5, 5.41) is 7.17. The quantitative estimate of drug-likeness (QED) is 0.186. The molecule has 0 aliphatic rings. The Bertz CT molecular complexity index is 2900. The maximum atomic E-state index is 5.23. The van der Waals surface area contributed by atoms with Crippen LogP contribution in [0, 0.1) is 0 Å². The van der Waals surface area contributed by atoms with Crippen molar-refractivity contribution in [2.24, 2.45) is 0 Å². The normalized spacial score (nSPS) is 11.5. The van der Waals surface area contributed by atoms with E-state index in [4.69, 9.17) is 15.0 Å². The van der Waals surface area contributed by atoms with Crippen molar-refractivity contribution in [1.82, 2.24) is 19.5 Å². The van der Waals surface area contributed by atoms with Crippen LogP contribution in [0.5, 0.6) is 0 Å². The second kappa shape index (κ2) is 11.9. The highest BCUT2D eigenvalue weighted by Crippen LogP contribution is 2.39. The van der Waals surface area contributed by atoms with E-state index < -0.39 is 0 Å². The highest BCUT2D eigenvalue weighted by molar-refractivity contribution is 6.13. The number of rotatable bonds is 5. The fourth-order valence-corrected chi connectivity index (χ4v) is 7.41. The molecule has 0 N–H and O–H groups in total. The Labute approximate surface area is 295 Å². The van der Waals surface area contributed by atoms with Crippen LogP contribution in [0.15, 0.2) is 182 Å². The molecule has 2 heterocycles. The molecule has 0 radical (unpaired) electrons. The minimum atomic E-state index is 0.630. The first-order valence-corrected chi connectivity index (χ1v) is 17.2. The number of benzene rings is 8. The lowest BCUT2D eigenvalue weighted by Gasteiger charge is -2.16. The molecule has 0 saturated carbocycles. The summed E-state index contributed by atoms with van der Waals surface area (Å²) >= 11 is 0. The third-order valence-electron chi connectivity index (χ3n) is 9.83. The van der Waals surface area contributed by atoms with Gasteiger partial charge >= 0.3 is 0 Å². The molecular weight excluding hydrogens is 621 g/mol. The van der Waals surface area contributed by atoms with Crippen LogP contribution in [0.1, 0.15) is 0 Å². The van der Waals surface area contributed by atoms with Gasteiger partial charge in [-0.25, -0.2) is 15.0 Å². The summed E-state index contributed by atoms with van der Waals surface area (Å²) in [7, 11) is 0. The molecule has 0 saturated heterocycles. The van der Waals surface area contributed by atoms with Crippen molar-refractivity contribution in [2.75, 3.05) is 0 Å². The Hall–Kier alpha value is -6.91. The second-order valence-electron chi connectivity index (χ2n) is 12.9. The van der Waals surface area contributed by atoms with Crippen molar-refractivity contribution in [3.8, 4) is 51.0 Å². The van der Waals surface area contributed by atoms with E-state index in [1.807, 2.05) is 18.2 Å². The van der Waals surface area contributed by atoms with Crippen LogP contribution < -0.4 is 0 Å². The number of hydrogen-bond acceptors (Lipinski definition) is 3. The smallest absolute Gasteiger partial charge is 0.164 e. The maximum Gasteiger partial charge on any atom is 0.164 e. The second-order valence-corrected chi connectivity index (χ2v) is 12.9. The number of para-hydroxylation sites is 1. The highest BCUT2D eigenvalue weighted by atomic mass is 15.0. The van der Waals surface area contributed by atoms with Crippen LogP contribution in [0.25, 0.3) is 94.3 Å². The maximum absolute atomic E-state index is 5.23. The zero-order chi connectivity index (χ0) is 33.7. The largest absolute Gasteiger partial charge is 0.309 e. The molecule has 0 unspecified atom stereocenters. The Morgan fingerprint density at radius 3 is 1.69 bits per heavy atom. The summed E-state index contributed by atoms with van der Waals surface area (Å²) in [5.41, 5.74) is 8.42. The molecule has 0 aliphatic heterocycles. The number of fused-ring (bicyclic) bond motifs is 5. The summed E-state index contributed by atoms with van der Waals surface area (Å²) < 4.78 is 2.39. The van der Waals surface area contributed by atoms with E-state index in [0.29, 0.717) is 17.5 Å². The van der Waals surface area contributed by atoms with Crippen LogP contribution in [0.3, 0.4) is 0 Å². The van der Waals surface area contributed by atoms with Crippen LogP contribution in [0.4, 0.5) is 0 Å². The molecular formula is C47H30N4. The lowest BCUT2D eigenvalue weighted by molar-refractivity contribution is 1.08. The van der Waals surface area contributed by atoms with Gasteiger partial charge in [0.15, 0.2) is 17.5 Å². The summed E-state index contributed by atoms with van der Waals surface area (Å²) in [6.07, 6.45) is 0. The van der Waals surface area contributed by atoms with Crippen molar-refractivity contribution < 1.29 is 0 Å². The third-order valence-corrected chi connectivity index (χ3v) is 9.83. The van der Waals surface area contributed by atoms with Gasteiger partial charge in [0, 0.05) is 33.2 Å². The zero-order valence-corrected chi connectivity index (χ0v) is 27.6. The summed E-state index contributed by atoms with van der Waals surface area (Å²) in [6.45, 7) is 0. The van der Waals surface area contributed by atoms with Gasteiger partial charge in [-0.15, -0.1) is 0 Å². The predicted molar refractivity (Wildman–Crippen MR) is 211 cm³/mol. The van der Waals surface area contributed by atoms with Crippen molar-refractivity contribution in [1.29, 1.82) is 0 Å². The Kier molecular flexibility index (Phi) is 6.78. The minimum Gasteiger partial charge on any atom is -0.309 e. The first-order valence-electron chi connectivity index (χ1n) is 17.2. The van der Waals surface area contributed by atoms with Crippen LogP contribution >= 0.6 is 0 Å². The summed E-state index contributed by atoms with van der Waals surface area (Å²) in [6, 6.07) is 64.0. The molecule has 4 heteroatoms. The number of aromatic nitrogens is 4. The third kappa shape index (κ3) is 4.96. The van der Waals surface area contributed by atoms with Crippen molar-refractivity contribution in [2.45, 2.75) is 0 Å². The molecule has 0 fully saturated rings. The lowest BCUT2D eigenvalue weighted by atomic mass is 9.97. The predicted octanol–water partition coefficient (Wildman–Crippen LogP) is 11.9. The van der Waals surface area contributed by atoms with Crippen molar-refractivity contribution in [3.05, 3.63) is 182 Å². The molecule has 10 aromatic rings. The first kappa shape index (κ1) is 29.0. The number of hydrogen-bond donors (Lipinski definition) is 0. The van der Waals surface area contributed by atoms with E-state index in [-0.39, 0.29) is 0 Å². The molecule has 0 bridgehead atoms. The lowest BCUT2D eigenvalue weighted by Crippen LogP contribution is -2.02. The molecule has 10 rings (SSSR count). The van der Waals surface area contributed by atoms with E-state index in [2.05, 4.69) is 168 Å². The van der Waals surface area contributed by atoms with E-state index in [0.717, 1.165) is 44.3 Å². The molecule has 238 valence electrons. The van der Waals surface area contributed by atoms with Gasteiger partial charge in [-0.3, -0.25) is 0 Å². The molecule has 0 amide bonds. The summed E-state index contributed by atoms with van der Waals surface area (Å²) in [4.78, 5) is 15.5. The molecule has 8 aromatic carbocycles. The SMILES string of the molecule is c1ccc(-c2nc(-c3ccc(-n4c5ccccc5c5cc6ccccc6cc54)cc3-c3ccccc3)nc(-c3cccc4ccccc34)n2)cc1. The minimum absolute atomic E-state index is 0.630. The fraction of sp³-hybridized carbons (Fsp3) is 0. The Balaban J connectivity index is 1.24. The Morgan fingerprint density at radius 2 is 0.902 bits per heavy atom. The standard InChI is InChI=1S/C47H30N4/c1-3-14-32(15-4-1)41-30-36(51-43-25-12-11-23-38(43)42-28-34-19-7-8-20-35(34)29-44(42)51)26-27-40(41)47-49-45(33-17-5-2-6-18-33)48-46(50-47)39-24-13-21-31-16-9-10-22-37(31)39/h1-30H. The number of nitrogens with zero attached hydrogens (tertiary/aromatic N) is 4. The molecule has 2 aromatic heterocycles. The van der Waals surface area contributed by atoms with Gasteiger partial charge < -0.3 is 4.57 Å². The topological polar surface area (TPSA) is 43.6 Å². The molecule has 4 nitrogen and oxygen atoms in total. The van der Waals surface area contributed by atoms with Gasteiger partial charge in [0.05, 0.1) is 11.0 Å². The highest BCUT2D eigenvalue weighted by Gasteiger charge is 2.19. The van der Waals surface area contributed by atoms with Gasteiger partial charge in [-0.2, -0.15) is 0 Å². The van der Waals surface area contributed by atoms with E-state index in [1.165, 1.54) is 32.6 Å².